The van der Waals surface area contributed by atoms with Crippen molar-refractivity contribution in [2.45, 2.75) is 33.2 Å². The van der Waals surface area contributed by atoms with Crippen LogP contribution in [-0.4, -0.2) is 43.2 Å². The van der Waals surface area contributed by atoms with Gasteiger partial charge in [-0.1, -0.05) is 17.7 Å². The molecule has 1 fully saturated rings. The molecule has 0 amide bonds. The van der Waals surface area contributed by atoms with Gasteiger partial charge in [0, 0.05) is 44.0 Å². The second-order valence-corrected chi connectivity index (χ2v) is 6.22. The van der Waals surface area contributed by atoms with Gasteiger partial charge in [-0.2, -0.15) is 0 Å². The molecule has 2 N–H and O–H groups in total. The third-order valence-electron chi connectivity index (χ3n) is 4.07. The van der Waals surface area contributed by atoms with Crippen molar-refractivity contribution in [1.82, 2.24) is 10.2 Å². The van der Waals surface area contributed by atoms with Crippen molar-refractivity contribution in [2.75, 3.05) is 38.0 Å². The van der Waals surface area contributed by atoms with E-state index in [4.69, 9.17) is 0 Å². The molecule has 1 saturated heterocycles. The summed E-state index contributed by atoms with van der Waals surface area (Å²) in [5.41, 5.74) is 4.11. The lowest BCUT2D eigenvalue weighted by Crippen LogP contribution is -2.56. The quantitative estimate of drug-likeness (QED) is 0.871. The first-order chi connectivity index (χ1) is 8.99. The van der Waals surface area contributed by atoms with Gasteiger partial charge in [-0.25, -0.2) is 0 Å². The molecule has 3 nitrogen and oxygen atoms in total. The number of benzene rings is 1. The smallest absolute Gasteiger partial charge is 0.0370 e. The number of hydrogen-bond donors (Lipinski definition) is 2. The molecule has 1 aromatic carbocycles. The van der Waals surface area contributed by atoms with E-state index in [9.17, 15) is 0 Å². The molecule has 1 aliphatic heterocycles. The Morgan fingerprint density at radius 1 is 1.21 bits per heavy atom. The van der Waals surface area contributed by atoms with Gasteiger partial charge < -0.3 is 10.6 Å². The highest BCUT2D eigenvalue weighted by Gasteiger charge is 2.27. The third-order valence-corrected chi connectivity index (χ3v) is 4.07. The van der Waals surface area contributed by atoms with Crippen molar-refractivity contribution in [3.05, 3.63) is 29.3 Å². The zero-order chi connectivity index (χ0) is 13.9. The average molecular weight is 261 g/mol. The Balaban J connectivity index is 1.96. The van der Waals surface area contributed by atoms with E-state index >= 15 is 0 Å². The predicted octanol–water partition coefficient (Wildman–Crippen LogP) is 2.40. The Hall–Kier alpha value is -1.06. The SMILES string of the molecule is Cc1ccc(NCC(C)(C)N2CCNCC2)c(C)c1. The van der Waals surface area contributed by atoms with E-state index in [0.29, 0.717) is 0 Å². The summed E-state index contributed by atoms with van der Waals surface area (Å²) in [6, 6.07) is 6.60. The van der Waals surface area contributed by atoms with E-state index in [1.807, 2.05) is 0 Å². The van der Waals surface area contributed by atoms with Gasteiger partial charge in [0.25, 0.3) is 0 Å². The Morgan fingerprint density at radius 3 is 2.53 bits per heavy atom. The Kier molecular flexibility index (Phi) is 4.48. The molecule has 0 aliphatic carbocycles. The lowest BCUT2D eigenvalue weighted by Gasteiger charge is -2.41. The number of hydrogen-bond acceptors (Lipinski definition) is 3. The van der Waals surface area contributed by atoms with Crippen LogP contribution in [0.25, 0.3) is 0 Å². The monoisotopic (exact) mass is 261 g/mol. The van der Waals surface area contributed by atoms with Crippen LogP contribution in [0.15, 0.2) is 18.2 Å². The summed E-state index contributed by atoms with van der Waals surface area (Å²) in [6.07, 6.45) is 0. The van der Waals surface area contributed by atoms with Crippen LogP contribution in [0.3, 0.4) is 0 Å². The topological polar surface area (TPSA) is 27.3 Å². The van der Waals surface area contributed by atoms with Crippen molar-refractivity contribution in [3.63, 3.8) is 0 Å². The van der Waals surface area contributed by atoms with E-state index < -0.39 is 0 Å². The van der Waals surface area contributed by atoms with Crippen molar-refractivity contribution < 1.29 is 0 Å². The molecule has 1 aromatic rings. The third kappa shape index (κ3) is 3.71. The van der Waals surface area contributed by atoms with Crippen LogP contribution >= 0.6 is 0 Å². The summed E-state index contributed by atoms with van der Waals surface area (Å²) < 4.78 is 0. The molecule has 106 valence electrons. The maximum absolute atomic E-state index is 3.62. The molecule has 0 unspecified atom stereocenters. The first-order valence-corrected chi connectivity index (χ1v) is 7.26. The summed E-state index contributed by atoms with van der Waals surface area (Å²) in [5.74, 6) is 0. The lowest BCUT2D eigenvalue weighted by molar-refractivity contribution is 0.114. The van der Waals surface area contributed by atoms with Gasteiger partial charge >= 0.3 is 0 Å². The Bertz CT molecular complexity index is 420. The molecular formula is C16H27N3. The largest absolute Gasteiger partial charge is 0.383 e. The van der Waals surface area contributed by atoms with Crippen LogP contribution in [0.5, 0.6) is 0 Å². The highest BCUT2D eigenvalue weighted by Crippen LogP contribution is 2.20. The van der Waals surface area contributed by atoms with Crippen LogP contribution in [-0.2, 0) is 0 Å². The van der Waals surface area contributed by atoms with E-state index in [-0.39, 0.29) is 5.54 Å². The number of nitrogens with zero attached hydrogens (tertiary/aromatic N) is 1. The molecule has 0 bridgehead atoms. The van der Waals surface area contributed by atoms with Gasteiger partial charge in [0.2, 0.25) is 0 Å². The summed E-state index contributed by atoms with van der Waals surface area (Å²) in [5, 5.41) is 7.03. The molecule has 0 saturated carbocycles. The first-order valence-electron chi connectivity index (χ1n) is 7.26. The zero-order valence-corrected chi connectivity index (χ0v) is 12.7. The second kappa shape index (κ2) is 5.93. The summed E-state index contributed by atoms with van der Waals surface area (Å²) in [7, 11) is 0. The molecular weight excluding hydrogens is 234 g/mol. The van der Waals surface area contributed by atoms with Crippen LogP contribution in [0, 0.1) is 13.8 Å². The van der Waals surface area contributed by atoms with Crippen LogP contribution in [0.4, 0.5) is 5.69 Å². The highest BCUT2D eigenvalue weighted by molar-refractivity contribution is 5.52. The van der Waals surface area contributed by atoms with Crippen molar-refractivity contribution in [3.8, 4) is 0 Å². The standard InChI is InChI=1S/C16H27N3/c1-13-5-6-15(14(2)11-13)18-12-16(3,4)19-9-7-17-8-10-19/h5-6,11,17-18H,7-10,12H2,1-4H3. The van der Waals surface area contributed by atoms with E-state index in [0.717, 1.165) is 32.7 Å². The molecule has 0 spiro atoms. The van der Waals surface area contributed by atoms with Gasteiger partial charge in [0.15, 0.2) is 0 Å². The minimum Gasteiger partial charge on any atom is -0.383 e. The molecule has 0 radical (unpaired) electrons. The first kappa shape index (κ1) is 14.4. The van der Waals surface area contributed by atoms with Crippen LogP contribution in [0.2, 0.25) is 0 Å². The van der Waals surface area contributed by atoms with Crippen LogP contribution in [0.1, 0.15) is 25.0 Å². The van der Waals surface area contributed by atoms with Gasteiger partial charge in [-0.3, -0.25) is 4.90 Å². The number of piperazine rings is 1. The Labute approximate surface area is 117 Å². The summed E-state index contributed by atoms with van der Waals surface area (Å²) in [4.78, 5) is 2.57. The van der Waals surface area contributed by atoms with Crippen LogP contribution < -0.4 is 10.6 Å². The predicted molar refractivity (Wildman–Crippen MR) is 82.9 cm³/mol. The normalized spacial score (nSPS) is 17.5. The van der Waals surface area contributed by atoms with Gasteiger partial charge in [-0.05, 0) is 39.3 Å². The van der Waals surface area contributed by atoms with E-state index in [1.165, 1.54) is 16.8 Å². The number of nitrogens with one attached hydrogen (secondary N) is 2. The summed E-state index contributed by atoms with van der Waals surface area (Å²) in [6.45, 7) is 14.4. The van der Waals surface area contributed by atoms with Gasteiger partial charge in [0.05, 0.1) is 0 Å². The fraction of sp³-hybridized carbons (Fsp3) is 0.625. The van der Waals surface area contributed by atoms with Crippen molar-refractivity contribution in [1.29, 1.82) is 0 Å². The molecule has 19 heavy (non-hydrogen) atoms. The molecule has 0 aromatic heterocycles. The fourth-order valence-corrected chi connectivity index (χ4v) is 2.71. The van der Waals surface area contributed by atoms with E-state index in [1.54, 1.807) is 0 Å². The molecule has 3 heteroatoms. The highest BCUT2D eigenvalue weighted by atomic mass is 15.2. The van der Waals surface area contributed by atoms with Crippen molar-refractivity contribution >= 4 is 5.69 Å². The summed E-state index contributed by atoms with van der Waals surface area (Å²) >= 11 is 0. The van der Waals surface area contributed by atoms with Gasteiger partial charge in [-0.15, -0.1) is 0 Å². The zero-order valence-electron chi connectivity index (χ0n) is 12.7. The second-order valence-electron chi connectivity index (χ2n) is 6.22. The molecule has 2 rings (SSSR count). The number of rotatable bonds is 4. The molecule has 1 heterocycles. The molecule has 1 aliphatic rings. The number of anilines is 1. The van der Waals surface area contributed by atoms with Crippen molar-refractivity contribution in [2.24, 2.45) is 0 Å². The van der Waals surface area contributed by atoms with Gasteiger partial charge in [0.1, 0.15) is 0 Å². The maximum atomic E-state index is 3.62. The maximum Gasteiger partial charge on any atom is 0.0370 e. The van der Waals surface area contributed by atoms with E-state index in [2.05, 4.69) is 61.4 Å². The minimum absolute atomic E-state index is 0.194. The average Bonchev–Trinajstić information content (AvgIpc) is 2.39. The fourth-order valence-electron chi connectivity index (χ4n) is 2.71. The minimum atomic E-state index is 0.194. The molecule has 0 atom stereocenters. The lowest BCUT2D eigenvalue weighted by atomic mass is 10.0. The number of aryl methyl sites for hydroxylation is 2. The Morgan fingerprint density at radius 2 is 1.89 bits per heavy atom.